The van der Waals surface area contributed by atoms with Crippen molar-refractivity contribution in [1.29, 1.82) is 0 Å². The van der Waals surface area contributed by atoms with Crippen LogP contribution in [0, 0.1) is 0 Å². The molecule has 2 fully saturated rings. The maximum Gasteiger partial charge on any atom is 0.0606 e. The molecule has 0 aromatic heterocycles. The van der Waals surface area contributed by atoms with Gasteiger partial charge < -0.3 is 4.74 Å². The number of piperazine rings is 1. The monoisotopic (exact) mass is 311 g/mol. The van der Waals surface area contributed by atoms with E-state index in [4.69, 9.17) is 4.74 Å². The standard InChI is InChI=1S/C18H37N3O/c1-17(2,3)21-13-11-20(12-14-21)15-19-9-7-16(8-10-19)22-18(4,5)6/h16H,7-15H2,1-6H3. The van der Waals surface area contributed by atoms with Gasteiger partial charge >= 0.3 is 0 Å². The van der Waals surface area contributed by atoms with Gasteiger partial charge in [-0.1, -0.05) is 0 Å². The largest absolute Gasteiger partial charge is 0.373 e. The lowest BCUT2D eigenvalue weighted by Crippen LogP contribution is -2.55. The molecule has 2 rings (SSSR count). The molecule has 0 saturated carbocycles. The molecule has 2 heterocycles. The number of piperidine rings is 1. The summed E-state index contributed by atoms with van der Waals surface area (Å²) in [6.07, 6.45) is 2.81. The fourth-order valence-electron chi connectivity index (χ4n) is 3.51. The Labute approximate surface area is 137 Å². The van der Waals surface area contributed by atoms with Gasteiger partial charge in [0.15, 0.2) is 0 Å². The fraction of sp³-hybridized carbons (Fsp3) is 1.00. The van der Waals surface area contributed by atoms with Crippen molar-refractivity contribution in [1.82, 2.24) is 14.7 Å². The minimum Gasteiger partial charge on any atom is -0.373 e. The molecule has 0 N–H and O–H groups in total. The third-order valence-electron chi connectivity index (χ3n) is 4.78. The summed E-state index contributed by atoms with van der Waals surface area (Å²) in [4.78, 5) is 7.83. The third kappa shape index (κ3) is 5.80. The maximum absolute atomic E-state index is 6.12. The first-order chi connectivity index (χ1) is 10.1. The molecule has 0 aromatic rings. The Morgan fingerprint density at radius 3 is 1.73 bits per heavy atom. The average molecular weight is 312 g/mol. The third-order valence-corrected chi connectivity index (χ3v) is 4.78. The van der Waals surface area contributed by atoms with Crippen LogP contribution >= 0.6 is 0 Å². The minimum atomic E-state index is -0.00385. The highest BCUT2D eigenvalue weighted by Crippen LogP contribution is 2.21. The summed E-state index contributed by atoms with van der Waals surface area (Å²) < 4.78 is 6.12. The normalized spacial score (nSPS) is 24.8. The molecular formula is C18H37N3O. The molecule has 2 aliphatic heterocycles. The van der Waals surface area contributed by atoms with Crippen molar-refractivity contribution < 1.29 is 4.74 Å². The van der Waals surface area contributed by atoms with Gasteiger partial charge in [0.2, 0.25) is 0 Å². The summed E-state index contributed by atoms with van der Waals surface area (Å²) in [6.45, 7) is 21.8. The molecule has 2 saturated heterocycles. The minimum absolute atomic E-state index is 0.00385. The van der Waals surface area contributed by atoms with Crippen LogP contribution in [0.2, 0.25) is 0 Å². The van der Waals surface area contributed by atoms with Gasteiger partial charge in [-0.3, -0.25) is 14.7 Å². The molecule has 0 radical (unpaired) electrons. The Morgan fingerprint density at radius 1 is 0.773 bits per heavy atom. The first-order valence-corrected chi connectivity index (χ1v) is 9.01. The molecule has 0 unspecified atom stereocenters. The van der Waals surface area contributed by atoms with E-state index in [0.29, 0.717) is 11.6 Å². The Morgan fingerprint density at radius 2 is 1.27 bits per heavy atom. The zero-order chi connectivity index (χ0) is 16.4. The highest BCUT2D eigenvalue weighted by molar-refractivity contribution is 4.83. The van der Waals surface area contributed by atoms with Crippen LogP contribution in [-0.2, 0) is 4.74 Å². The van der Waals surface area contributed by atoms with Crippen molar-refractivity contribution >= 4 is 0 Å². The molecule has 4 nitrogen and oxygen atoms in total. The van der Waals surface area contributed by atoms with E-state index in [0.717, 1.165) is 6.67 Å². The average Bonchev–Trinajstić information content (AvgIpc) is 2.39. The Bertz CT molecular complexity index is 329. The number of likely N-dealkylation sites (tertiary alicyclic amines) is 1. The van der Waals surface area contributed by atoms with Crippen LogP contribution in [0.4, 0.5) is 0 Å². The van der Waals surface area contributed by atoms with Crippen LogP contribution in [0.15, 0.2) is 0 Å². The van der Waals surface area contributed by atoms with E-state index in [2.05, 4.69) is 56.2 Å². The molecule has 0 amide bonds. The topological polar surface area (TPSA) is 19.0 Å². The second-order valence-electron chi connectivity index (χ2n) is 8.96. The van der Waals surface area contributed by atoms with Crippen LogP contribution in [0.3, 0.4) is 0 Å². The van der Waals surface area contributed by atoms with Crippen molar-refractivity contribution in [3.63, 3.8) is 0 Å². The van der Waals surface area contributed by atoms with Crippen molar-refractivity contribution in [2.75, 3.05) is 45.9 Å². The highest BCUT2D eigenvalue weighted by Gasteiger charge is 2.28. The van der Waals surface area contributed by atoms with E-state index in [1.54, 1.807) is 0 Å². The summed E-state index contributed by atoms with van der Waals surface area (Å²) in [7, 11) is 0. The van der Waals surface area contributed by atoms with Crippen molar-refractivity contribution in [2.45, 2.75) is 71.6 Å². The van der Waals surface area contributed by atoms with E-state index in [1.807, 2.05) is 0 Å². The summed E-state index contributed by atoms with van der Waals surface area (Å²) in [5.74, 6) is 0. The van der Waals surface area contributed by atoms with E-state index < -0.39 is 0 Å². The number of rotatable bonds is 3. The van der Waals surface area contributed by atoms with Crippen LogP contribution < -0.4 is 0 Å². The van der Waals surface area contributed by atoms with E-state index >= 15 is 0 Å². The molecule has 2 aliphatic rings. The van der Waals surface area contributed by atoms with Gasteiger partial charge in [0.25, 0.3) is 0 Å². The van der Waals surface area contributed by atoms with E-state index in [9.17, 15) is 0 Å². The lowest BCUT2D eigenvalue weighted by molar-refractivity contribution is -0.0869. The second-order valence-corrected chi connectivity index (χ2v) is 8.96. The Kier molecular flexibility index (Phi) is 5.92. The molecule has 0 aromatic carbocycles. The van der Waals surface area contributed by atoms with E-state index in [-0.39, 0.29) is 5.60 Å². The van der Waals surface area contributed by atoms with Crippen molar-refractivity contribution in [3.8, 4) is 0 Å². The Balaban J connectivity index is 1.67. The van der Waals surface area contributed by atoms with Crippen LogP contribution in [-0.4, -0.2) is 77.9 Å². The molecule has 0 aliphatic carbocycles. The lowest BCUT2D eigenvalue weighted by Gasteiger charge is -2.44. The Hall–Kier alpha value is -0.160. The lowest BCUT2D eigenvalue weighted by atomic mass is 10.0. The first kappa shape index (κ1) is 18.2. The molecule has 130 valence electrons. The van der Waals surface area contributed by atoms with Gasteiger partial charge in [0.05, 0.1) is 18.4 Å². The van der Waals surface area contributed by atoms with Gasteiger partial charge in [-0.2, -0.15) is 0 Å². The highest BCUT2D eigenvalue weighted by atomic mass is 16.5. The van der Waals surface area contributed by atoms with Gasteiger partial charge in [-0.05, 0) is 54.4 Å². The predicted octanol–water partition coefficient (Wildman–Crippen LogP) is 2.64. The summed E-state index contributed by atoms with van der Waals surface area (Å²) in [6, 6.07) is 0. The van der Waals surface area contributed by atoms with Gasteiger partial charge in [-0.25, -0.2) is 0 Å². The van der Waals surface area contributed by atoms with Gasteiger partial charge in [0, 0.05) is 44.8 Å². The van der Waals surface area contributed by atoms with Crippen molar-refractivity contribution in [2.24, 2.45) is 0 Å². The van der Waals surface area contributed by atoms with E-state index in [1.165, 1.54) is 52.1 Å². The van der Waals surface area contributed by atoms with Gasteiger partial charge in [-0.15, -0.1) is 0 Å². The van der Waals surface area contributed by atoms with Gasteiger partial charge in [0.1, 0.15) is 0 Å². The molecular weight excluding hydrogens is 274 g/mol. The predicted molar refractivity (Wildman–Crippen MR) is 93.2 cm³/mol. The van der Waals surface area contributed by atoms with Crippen LogP contribution in [0.25, 0.3) is 0 Å². The quantitative estimate of drug-likeness (QED) is 0.797. The maximum atomic E-state index is 6.12. The second kappa shape index (κ2) is 7.16. The fourth-order valence-corrected chi connectivity index (χ4v) is 3.51. The summed E-state index contributed by atoms with van der Waals surface area (Å²) in [5, 5.41) is 0. The van der Waals surface area contributed by atoms with Crippen molar-refractivity contribution in [3.05, 3.63) is 0 Å². The molecule has 0 spiro atoms. The summed E-state index contributed by atoms with van der Waals surface area (Å²) in [5.41, 5.74) is 0.310. The summed E-state index contributed by atoms with van der Waals surface area (Å²) >= 11 is 0. The van der Waals surface area contributed by atoms with Crippen LogP contribution in [0.1, 0.15) is 54.4 Å². The molecule has 0 bridgehead atoms. The molecule has 0 atom stereocenters. The van der Waals surface area contributed by atoms with Crippen LogP contribution in [0.5, 0.6) is 0 Å². The molecule has 22 heavy (non-hydrogen) atoms. The number of ether oxygens (including phenoxy) is 1. The number of hydrogen-bond acceptors (Lipinski definition) is 4. The SMILES string of the molecule is CC(C)(C)OC1CCN(CN2CCN(C(C)(C)C)CC2)CC1. The molecule has 4 heteroatoms. The number of nitrogens with zero attached hydrogens (tertiary/aromatic N) is 3. The smallest absolute Gasteiger partial charge is 0.0606 e. The number of hydrogen-bond donors (Lipinski definition) is 0. The zero-order valence-electron chi connectivity index (χ0n) is 15.7. The first-order valence-electron chi connectivity index (χ1n) is 9.01. The zero-order valence-corrected chi connectivity index (χ0v) is 15.7.